The third kappa shape index (κ3) is 5.83. The predicted molar refractivity (Wildman–Crippen MR) is 105 cm³/mol. The standard InChI is InChI=1S/C21H31NO7/c1-19(2,3)29-18(24)22-16(17(23)27-5)14-8-10-15(11-9-14)28-21(25,26)20(4)12-6-7-13-20/h8-11,16,25-26H,6-7,12-13H2,1-5H3,(H,22,24). The summed E-state index contributed by atoms with van der Waals surface area (Å²) in [5.41, 5.74) is -1.04. The maximum atomic E-state index is 12.1. The Bertz CT molecular complexity index is 716. The van der Waals surface area contributed by atoms with Gasteiger partial charge in [0.1, 0.15) is 11.4 Å². The maximum absolute atomic E-state index is 12.1. The van der Waals surface area contributed by atoms with Crippen molar-refractivity contribution in [2.24, 2.45) is 5.41 Å². The first-order valence-corrected chi connectivity index (χ1v) is 9.68. The van der Waals surface area contributed by atoms with Gasteiger partial charge in [0.05, 0.1) is 12.5 Å². The molecule has 1 unspecified atom stereocenters. The van der Waals surface area contributed by atoms with Crippen LogP contribution in [0.2, 0.25) is 0 Å². The molecule has 1 saturated carbocycles. The molecule has 1 atom stereocenters. The van der Waals surface area contributed by atoms with Gasteiger partial charge in [-0.25, -0.2) is 9.59 Å². The van der Waals surface area contributed by atoms with Crippen molar-refractivity contribution in [2.75, 3.05) is 7.11 Å². The van der Waals surface area contributed by atoms with Gasteiger partial charge < -0.3 is 29.7 Å². The van der Waals surface area contributed by atoms with Crippen LogP contribution in [-0.4, -0.2) is 41.0 Å². The largest absolute Gasteiger partial charge is 0.467 e. The van der Waals surface area contributed by atoms with Crippen LogP contribution in [0.15, 0.2) is 24.3 Å². The molecule has 162 valence electrons. The van der Waals surface area contributed by atoms with Gasteiger partial charge in [-0.2, -0.15) is 0 Å². The number of benzene rings is 1. The van der Waals surface area contributed by atoms with Gasteiger partial charge in [0.25, 0.3) is 0 Å². The molecule has 0 bridgehead atoms. The lowest BCUT2D eigenvalue weighted by molar-refractivity contribution is -0.352. The van der Waals surface area contributed by atoms with E-state index < -0.39 is 35.1 Å². The van der Waals surface area contributed by atoms with Gasteiger partial charge in [0.2, 0.25) is 0 Å². The summed E-state index contributed by atoms with van der Waals surface area (Å²) in [7, 11) is 1.22. The molecule has 0 aliphatic heterocycles. The van der Waals surface area contributed by atoms with Crippen molar-refractivity contribution in [2.45, 2.75) is 71.0 Å². The smallest absolute Gasteiger partial charge is 0.408 e. The van der Waals surface area contributed by atoms with Crippen LogP contribution in [0.5, 0.6) is 5.75 Å². The first-order valence-electron chi connectivity index (χ1n) is 9.68. The van der Waals surface area contributed by atoms with E-state index in [0.717, 1.165) is 12.8 Å². The second-order valence-electron chi connectivity index (χ2n) is 8.65. The number of esters is 1. The van der Waals surface area contributed by atoms with E-state index in [1.165, 1.54) is 19.2 Å². The average Bonchev–Trinajstić information content (AvgIpc) is 3.07. The summed E-state index contributed by atoms with van der Waals surface area (Å²) in [4.78, 5) is 24.2. The Morgan fingerprint density at radius 3 is 2.14 bits per heavy atom. The third-order valence-corrected chi connectivity index (χ3v) is 5.06. The molecular formula is C21H31NO7. The minimum Gasteiger partial charge on any atom is -0.467 e. The Hall–Kier alpha value is -2.32. The van der Waals surface area contributed by atoms with Gasteiger partial charge in [-0.3, -0.25) is 0 Å². The molecule has 1 aliphatic carbocycles. The van der Waals surface area contributed by atoms with E-state index in [2.05, 4.69) is 5.32 Å². The number of hydrogen-bond donors (Lipinski definition) is 3. The van der Waals surface area contributed by atoms with E-state index >= 15 is 0 Å². The summed E-state index contributed by atoms with van der Waals surface area (Å²) in [6.07, 6.45) is 2.38. The lowest BCUT2D eigenvalue weighted by atomic mass is 9.85. The molecule has 1 aromatic rings. The summed E-state index contributed by atoms with van der Waals surface area (Å²) in [6, 6.07) is 5.01. The van der Waals surface area contributed by atoms with Gasteiger partial charge in [-0.15, -0.1) is 0 Å². The van der Waals surface area contributed by atoms with Crippen molar-refractivity contribution >= 4 is 12.1 Å². The number of carbonyl (C=O) groups excluding carboxylic acids is 2. The van der Waals surface area contributed by atoms with Crippen LogP contribution in [0.4, 0.5) is 4.79 Å². The Balaban J connectivity index is 2.14. The zero-order chi connectivity index (χ0) is 21.9. The average molecular weight is 409 g/mol. The molecule has 1 aromatic carbocycles. The van der Waals surface area contributed by atoms with Crippen LogP contribution in [-0.2, 0) is 14.3 Å². The van der Waals surface area contributed by atoms with Crippen LogP contribution < -0.4 is 10.1 Å². The normalized spacial score (nSPS) is 17.3. The molecule has 1 aliphatic rings. The number of rotatable bonds is 6. The Morgan fingerprint density at radius 1 is 1.10 bits per heavy atom. The van der Waals surface area contributed by atoms with Crippen molar-refractivity contribution < 1.29 is 34.0 Å². The number of amides is 1. The topological polar surface area (TPSA) is 114 Å². The quantitative estimate of drug-likeness (QED) is 0.489. The number of hydrogen-bond acceptors (Lipinski definition) is 7. The Kier molecular flexibility index (Phi) is 6.80. The summed E-state index contributed by atoms with van der Waals surface area (Å²) in [5, 5.41) is 23.4. The fraction of sp³-hybridized carbons (Fsp3) is 0.619. The molecule has 8 heteroatoms. The lowest BCUT2D eigenvalue weighted by Gasteiger charge is -2.37. The van der Waals surface area contributed by atoms with E-state index in [9.17, 15) is 19.8 Å². The zero-order valence-electron chi connectivity index (χ0n) is 17.7. The van der Waals surface area contributed by atoms with E-state index in [1.54, 1.807) is 39.8 Å². The van der Waals surface area contributed by atoms with Crippen molar-refractivity contribution in [1.82, 2.24) is 5.32 Å². The molecule has 2 rings (SSSR count). The monoisotopic (exact) mass is 409 g/mol. The van der Waals surface area contributed by atoms with E-state index in [-0.39, 0.29) is 5.75 Å². The highest BCUT2D eigenvalue weighted by molar-refractivity contribution is 5.82. The van der Waals surface area contributed by atoms with Crippen LogP contribution >= 0.6 is 0 Å². The summed E-state index contributed by atoms with van der Waals surface area (Å²) >= 11 is 0. The first-order chi connectivity index (χ1) is 13.4. The molecule has 1 fully saturated rings. The fourth-order valence-corrected chi connectivity index (χ4v) is 3.32. The van der Waals surface area contributed by atoms with Gasteiger partial charge in [-0.1, -0.05) is 31.9 Å². The number of carbonyl (C=O) groups is 2. The second kappa shape index (κ2) is 8.59. The number of alkyl carbamates (subject to hydrolysis) is 1. The van der Waals surface area contributed by atoms with Crippen LogP contribution in [0.25, 0.3) is 0 Å². The van der Waals surface area contributed by atoms with Gasteiger partial charge in [0.15, 0.2) is 6.04 Å². The number of nitrogens with one attached hydrogen (secondary N) is 1. The Labute approximate surface area is 171 Å². The molecule has 8 nitrogen and oxygen atoms in total. The van der Waals surface area contributed by atoms with Crippen molar-refractivity contribution in [3.63, 3.8) is 0 Å². The molecule has 29 heavy (non-hydrogen) atoms. The van der Waals surface area contributed by atoms with Crippen LogP contribution in [0.3, 0.4) is 0 Å². The van der Waals surface area contributed by atoms with Crippen LogP contribution in [0.1, 0.15) is 65.0 Å². The minimum absolute atomic E-state index is 0.229. The summed E-state index contributed by atoms with van der Waals surface area (Å²) in [5.74, 6) is -2.74. The number of methoxy groups -OCH3 is 1. The molecule has 0 saturated heterocycles. The van der Waals surface area contributed by atoms with E-state index in [4.69, 9.17) is 14.2 Å². The van der Waals surface area contributed by atoms with Gasteiger partial charge in [-0.05, 0) is 51.3 Å². The first kappa shape index (κ1) is 23.0. The molecule has 0 spiro atoms. The SMILES string of the molecule is COC(=O)C(NC(=O)OC(C)(C)C)c1ccc(OC(O)(O)C2(C)CCCC2)cc1. The van der Waals surface area contributed by atoms with E-state index in [0.29, 0.717) is 18.4 Å². The highest BCUT2D eigenvalue weighted by atomic mass is 16.8. The Morgan fingerprint density at radius 2 is 1.66 bits per heavy atom. The summed E-state index contributed by atoms with van der Waals surface area (Å²) in [6.45, 7) is 6.93. The van der Waals surface area contributed by atoms with Crippen molar-refractivity contribution in [1.29, 1.82) is 0 Å². The predicted octanol–water partition coefficient (Wildman–Crippen LogP) is 3.02. The molecular weight excluding hydrogens is 378 g/mol. The van der Waals surface area contributed by atoms with E-state index in [1.807, 2.05) is 0 Å². The molecule has 0 radical (unpaired) electrons. The molecule has 1 amide bonds. The number of ether oxygens (including phenoxy) is 3. The maximum Gasteiger partial charge on any atom is 0.408 e. The van der Waals surface area contributed by atoms with Gasteiger partial charge in [0, 0.05) is 0 Å². The van der Waals surface area contributed by atoms with Crippen LogP contribution in [0, 0.1) is 5.41 Å². The zero-order valence-corrected chi connectivity index (χ0v) is 17.7. The molecule has 0 aromatic heterocycles. The third-order valence-electron chi connectivity index (χ3n) is 5.06. The van der Waals surface area contributed by atoms with Gasteiger partial charge >= 0.3 is 18.0 Å². The summed E-state index contributed by atoms with van der Waals surface area (Å²) < 4.78 is 15.4. The second-order valence-corrected chi connectivity index (χ2v) is 8.65. The lowest BCUT2D eigenvalue weighted by Crippen LogP contribution is -2.49. The molecule has 3 N–H and O–H groups in total. The minimum atomic E-state index is -2.30. The van der Waals surface area contributed by atoms with Crippen molar-refractivity contribution in [3.8, 4) is 5.75 Å². The molecule has 0 heterocycles. The van der Waals surface area contributed by atoms with Crippen molar-refractivity contribution in [3.05, 3.63) is 29.8 Å². The fourth-order valence-electron chi connectivity index (χ4n) is 3.32. The number of aliphatic hydroxyl groups is 2. The highest BCUT2D eigenvalue weighted by Crippen LogP contribution is 2.45. The highest BCUT2D eigenvalue weighted by Gasteiger charge is 2.50.